The molecule has 0 aliphatic carbocycles. The SMILES string of the molecule is O=C1CC(c2ccc3cccc(O)c3n2)c2ccc(N3CCOC3=O)cc2N1. The number of phenols is 1. The Morgan fingerprint density at radius 2 is 2.04 bits per heavy atom. The molecule has 2 amide bonds. The van der Waals surface area contributed by atoms with Crippen LogP contribution in [0.25, 0.3) is 10.9 Å². The van der Waals surface area contributed by atoms with E-state index in [9.17, 15) is 14.7 Å². The van der Waals surface area contributed by atoms with Gasteiger partial charge in [0.15, 0.2) is 0 Å². The summed E-state index contributed by atoms with van der Waals surface area (Å²) in [5.74, 6) is -0.229. The number of aromatic hydroxyl groups is 1. The minimum Gasteiger partial charge on any atom is -0.506 e. The Labute approximate surface area is 160 Å². The molecule has 3 aromatic rings. The van der Waals surface area contributed by atoms with Crippen LogP contribution in [0.1, 0.15) is 23.6 Å². The summed E-state index contributed by atoms with van der Waals surface area (Å²) in [4.78, 5) is 30.3. The standard InChI is InChI=1S/C21H17N3O4/c25-18-3-1-2-12-4-7-16(23-20(12)18)15-11-19(26)22-17-10-13(5-6-14(15)17)24-8-9-28-21(24)27/h1-7,10,15,25H,8-9,11H2,(H,22,26). The highest BCUT2D eigenvalue weighted by Gasteiger charge is 2.30. The van der Waals surface area contributed by atoms with Crippen molar-refractivity contribution in [2.24, 2.45) is 0 Å². The largest absolute Gasteiger partial charge is 0.506 e. The van der Waals surface area contributed by atoms with Crippen LogP contribution < -0.4 is 10.2 Å². The number of amides is 2. The molecular weight excluding hydrogens is 358 g/mol. The van der Waals surface area contributed by atoms with E-state index < -0.39 is 0 Å². The Hall–Kier alpha value is -3.61. The molecule has 2 aliphatic rings. The second kappa shape index (κ2) is 6.23. The molecule has 140 valence electrons. The molecule has 0 bridgehead atoms. The van der Waals surface area contributed by atoms with E-state index in [-0.39, 0.29) is 30.1 Å². The van der Waals surface area contributed by atoms with E-state index in [0.29, 0.717) is 30.0 Å². The predicted molar refractivity (Wildman–Crippen MR) is 104 cm³/mol. The molecule has 0 radical (unpaired) electrons. The number of benzene rings is 2. The Morgan fingerprint density at radius 1 is 1.14 bits per heavy atom. The summed E-state index contributed by atoms with van der Waals surface area (Å²) in [6.07, 6.45) is -0.116. The van der Waals surface area contributed by atoms with Crippen LogP contribution in [0.5, 0.6) is 5.75 Å². The quantitative estimate of drug-likeness (QED) is 0.717. The highest BCUT2D eigenvalue weighted by Crippen LogP contribution is 2.39. The number of rotatable bonds is 2. The summed E-state index contributed by atoms with van der Waals surface area (Å²) in [6.45, 7) is 0.843. The van der Waals surface area contributed by atoms with Crippen LogP contribution in [0.2, 0.25) is 0 Å². The number of aromatic nitrogens is 1. The molecule has 5 rings (SSSR count). The van der Waals surface area contributed by atoms with Crippen molar-refractivity contribution in [1.29, 1.82) is 0 Å². The van der Waals surface area contributed by atoms with Crippen molar-refractivity contribution in [1.82, 2.24) is 4.98 Å². The van der Waals surface area contributed by atoms with Gasteiger partial charge in [-0.05, 0) is 29.8 Å². The van der Waals surface area contributed by atoms with Crippen LogP contribution in [0.3, 0.4) is 0 Å². The lowest BCUT2D eigenvalue weighted by molar-refractivity contribution is -0.116. The molecule has 1 fully saturated rings. The van der Waals surface area contributed by atoms with Crippen LogP contribution in [0.15, 0.2) is 48.5 Å². The summed E-state index contributed by atoms with van der Waals surface area (Å²) < 4.78 is 4.99. The van der Waals surface area contributed by atoms with Gasteiger partial charge in [-0.3, -0.25) is 9.69 Å². The molecule has 3 heterocycles. The lowest BCUT2D eigenvalue weighted by Gasteiger charge is -2.27. The van der Waals surface area contributed by atoms with E-state index in [1.54, 1.807) is 23.1 Å². The first-order valence-corrected chi connectivity index (χ1v) is 9.07. The first-order valence-electron chi connectivity index (χ1n) is 9.07. The third-order valence-electron chi connectivity index (χ3n) is 5.23. The van der Waals surface area contributed by atoms with Crippen LogP contribution in [-0.2, 0) is 9.53 Å². The summed E-state index contributed by atoms with van der Waals surface area (Å²) in [5.41, 5.74) is 3.52. The Kier molecular flexibility index (Phi) is 3.68. The summed E-state index contributed by atoms with van der Waals surface area (Å²) in [5, 5.41) is 13.9. The van der Waals surface area contributed by atoms with Gasteiger partial charge < -0.3 is 15.2 Å². The van der Waals surface area contributed by atoms with Gasteiger partial charge in [0, 0.05) is 34.8 Å². The molecule has 2 N–H and O–H groups in total. The van der Waals surface area contributed by atoms with Gasteiger partial charge in [0.05, 0.1) is 6.54 Å². The van der Waals surface area contributed by atoms with Crippen LogP contribution >= 0.6 is 0 Å². The van der Waals surface area contributed by atoms with Crippen molar-refractivity contribution in [3.63, 3.8) is 0 Å². The van der Waals surface area contributed by atoms with Crippen LogP contribution in [0.4, 0.5) is 16.2 Å². The lowest BCUT2D eigenvalue weighted by atomic mass is 9.87. The molecule has 1 atom stereocenters. The maximum absolute atomic E-state index is 12.3. The number of fused-ring (bicyclic) bond motifs is 2. The van der Waals surface area contributed by atoms with E-state index in [1.165, 1.54) is 0 Å². The molecule has 2 aromatic carbocycles. The fourth-order valence-electron chi connectivity index (χ4n) is 3.85. The van der Waals surface area contributed by atoms with Gasteiger partial charge in [-0.1, -0.05) is 24.3 Å². The zero-order valence-electron chi connectivity index (χ0n) is 14.9. The molecule has 28 heavy (non-hydrogen) atoms. The van der Waals surface area contributed by atoms with E-state index in [2.05, 4.69) is 10.3 Å². The summed E-state index contributed by atoms with van der Waals surface area (Å²) >= 11 is 0. The maximum atomic E-state index is 12.3. The number of ether oxygens (including phenoxy) is 1. The number of nitrogens with zero attached hydrogens (tertiary/aromatic N) is 2. The zero-order valence-corrected chi connectivity index (χ0v) is 14.9. The fourth-order valence-corrected chi connectivity index (χ4v) is 3.85. The minimum absolute atomic E-state index is 0.113. The zero-order chi connectivity index (χ0) is 19.3. The van der Waals surface area contributed by atoms with Crippen molar-refractivity contribution < 1.29 is 19.4 Å². The van der Waals surface area contributed by atoms with E-state index >= 15 is 0 Å². The average Bonchev–Trinajstić information content (AvgIpc) is 3.13. The number of nitrogens with one attached hydrogen (secondary N) is 1. The number of phenolic OH excluding ortho intramolecular Hbond substituents is 1. The molecule has 0 saturated carbocycles. The van der Waals surface area contributed by atoms with Gasteiger partial charge in [0.2, 0.25) is 5.91 Å². The number of hydrogen-bond acceptors (Lipinski definition) is 5. The van der Waals surface area contributed by atoms with Crippen LogP contribution in [-0.4, -0.2) is 35.2 Å². The third-order valence-corrected chi connectivity index (χ3v) is 5.23. The van der Waals surface area contributed by atoms with Gasteiger partial charge in [-0.25, -0.2) is 9.78 Å². The van der Waals surface area contributed by atoms with Gasteiger partial charge >= 0.3 is 6.09 Å². The smallest absolute Gasteiger partial charge is 0.414 e. The highest BCUT2D eigenvalue weighted by molar-refractivity contribution is 5.97. The van der Waals surface area contributed by atoms with E-state index in [4.69, 9.17) is 4.74 Å². The predicted octanol–water partition coefficient (Wildman–Crippen LogP) is 3.37. The molecular formula is C21H17N3O4. The lowest BCUT2D eigenvalue weighted by Crippen LogP contribution is -2.26. The second-order valence-electron chi connectivity index (χ2n) is 6.93. The van der Waals surface area contributed by atoms with E-state index in [1.807, 2.05) is 30.3 Å². The number of anilines is 2. The number of hydrogen-bond donors (Lipinski definition) is 2. The molecule has 0 spiro atoms. The van der Waals surface area contributed by atoms with Gasteiger partial charge in [-0.2, -0.15) is 0 Å². The van der Waals surface area contributed by atoms with Gasteiger partial charge in [0.25, 0.3) is 0 Å². The number of carbonyl (C=O) groups excluding carboxylic acids is 2. The van der Waals surface area contributed by atoms with Gasteiger partial charge in [0.1, 0.15) is 17.9 Å². The number of cyclic esters (lactones) is 1. The Bertz CT molecular complexity index is 1130. The van der Waals surface area contributed by atoms with Crippen molar-refractivity contribution in [3.8, 4) is 5.75 Å². The van der Waals surface area contributed by atoms with E-state index in [0.717, 1.165) is 16.6 Å². The molecule has 2 aliphatic heterocycles. The molecule has 7 heteroatoms. The third kappa shape index (κ3) is 2.63. The number of carbonyl (C=O) groups is 2. The summed E-state index contributed by atoms with van der Waals surface area (Å²) in [7, 11) is 0. The molecule has 7 nitrogen and oxygen atoms in total. The van der Waals surface area contributed by atoms with Crippen molar-refractivity contribution in [2.45, 2.75) is 12.3 Å². The summed E-state index contributed by atoms with van der Waals surface area (Å²) in [6, 6.07) is 14.6. The topological polar surface area (TPSA) is 91.8 Å². The second-order valence-corrected chi connectivity index (χ2v) is 6.93. The van der Waals surface area contributed by atoms with Crippen LogP contribution in [0, 0.1) is 0 Å². The monoisotopic (exact) mass is 375 g/mol. The Morgan fingerprint density at radius 3 is 2.86 bits per heavy atom. The minimum atomic E-state index is -0.384. The first kappa shape index (κ1) is 16.6. The molecule has 1 unspecified atom stereocenters. The maximum Gasteiger partial charge on any atom is 0.414 e. The molecule has 1 aromatic heterocycles. The van der Waals surface area contributed by atoms with Gasteiger partial charge in [-0.15, -0.1) is 0 Å². The first-order chi connectivity index (χ1) is 13.6. The number of pyridine rings is 1. The average molecular weight is 375 g/mol. The number of para-hydroxylation sites is 1. The van der Waals surface area contributed by atoms with Crippen molar-refractivity contribution in [2.75, 3.05) is 23.4 Å². The van der Waals surface area contributed by atoms with Crippen molar-refractivity contribution in [3.05, 3.63) is 59.8 Å². The Balaban J connectivity index is 1.58. The van der Waals surface area contributed by atoms with Crippen molar-refractivity contribution >= 4 is 34.3 Å². The normalized spacial score (nSPS) is 18.7. The molecule has 1 saturated heterocycles. The highest BCUT2D eigenvalue weighted by atomic mass is 16.6. The fraction of sp³-hybridized carbons (Fsp3) is 0.190.